The van der Waals surface area contributed by atoms with Gasteiger partial charge >= 0.3 is 0 Å². The number of piperidine rings is 1. The highest BCUT2D eigenvalue weighted by Gasteiger charge is 2.43. The Morgan fingerprint density at radius 3 is 2.58 bits per heavy atom. The van der Waals surface area contributed by atoms with Crippen molar-refractivity contribution in [2.75, 3.05) is 13.1 Å². The van der Waals surface area contributed by atoms with Crippen LogP contribution in [0.3, 0.4) is 0 Å². The normalized spacial score (nSPS) is 22.5. The van der Waals surface area contributed by atoms with Gasteiger partial charge < -0.3 is 14.6 Å². The number of alkyl halides is 2. The standard InChI is InChI=1S/C18H18F4N2O2/c19-12-2-1-3-13(20)15(12)16-11(17(26-24-16)10-4-5-10)8-25-14-6-7-23-9-18(14,21)22/h1-3,10,14,23H,4-9H2. The van der Waals surface area contributed by atoms with E-state index in [0.717, 1.165) is 25.0 Å². The van der Waals surface area contributed by atoms with Gasteiger partial charge in [0.2, 0.25) is 0 Å². The molecule has 2 heterocycles. The summed E-state index contributed by atoms with van der Waals surface area (Å²) in [5, 5.41) is 6.46. The molecule has 0 bridgehead atoms. The van der Waals surface area contributed by atoms with E-state index < -0.39 is 30.2 Å². The molecule has 1 saturated heterocycles. The van der Waals surface area contributed by atoms with E-state index >= 15 is 0 Å². The first kappa shape index (κ1) is 17.5. The minimum atomic E-state index is -3.00. The zero-order valence-corrected chi connectivity index (χ0v) is 13.9. The zero-order chi connectivity index (χ0) is 18.3. The van der Waals surface area contributed by atoms with E-state index in [1.165, 1.54) is 6.07 Å². The molecule has 1 aromatic heterocycles. The summed E-state index contributed by atoms with van der Waals surface area (Å²) < 4.78 is 67.1. The van der Waals surface area contributed by atoms with Crippen molar-refractivity contribution in [1.82, 2.24) is 10.5 Å². The second-order valence-electron chi connectivity index (χ2n) is 6.77. The fraction of sp³-hybridized carbons (Fsp3) is 0.500. The Balaban J connectivity index is 1.65. The van der Waals surface area contributed by atoms with Gasteiger partial charge in [-0.15, -0.1) is 0 Å². The molecule has 26 heavy (non-hydrogen) atoms. The number of hydrogen-bond acceptors (Lipinski definition) is 4. The predicted octanol–water partition coefficient (Wildman–Crippen LogP) is 4.01. The van der Waals surface area contributed by atoms with Gasteiger partial charge in [-0.25, -0.2) is 17.6 Å². The van der Waals surface area contributed by atoms with E-state index in [1.54, 1.807) is 0 Å². The van der Waals surface area contributed by atoms with Crippen LogP contribution in [0.5, 0.6) is 0 Å². The summed E-state index contributed by atoms with van der Waals surface area (Å²) in [5.41, 5.74) is 0.0180. The lowest BCUT2D eigenvalue weighted by Gasteiger charge is -2.31. The van der Waals surface area contributed by atoms with Gasteiger partial charge in [0, 0.05) is 11.5 Å². The van der Waals surface area contributed by atoms with Crippen molar-refractivity contribution in [2.24, 2.45) is 0 Å². The molecular formula is C18H18F4N2O2. The van der Waals surface area contributed by atoms with Crippen LogP contribution in [0.1, 0.15) is 36.5 Å². The Morgan fingerprint density at radius 2 is 1.92 bits per heavy atom. The van der Waals surface area contributed by atoms with Crippen molar-refractivity contribution in [1.29, 1.82) is 0 Å². The van der Waals surface area contributed by atoms with Crippen LogP contribution in [0, 0.1) is 11.6 Å². The van der Waals surface area contributed by atoms with E-state index in [9.17, 15) is 17.6 Å². The van der Waals surface area contributed by atoms with Crippen molar-refractivity contribution in [3.63, 3.8) is 0 Å². The molecule has 1 atom stereocenters. The molecular weight excluding hydrogens is 352 g/mol. The van der Waals surface area contributed by atoms with Gasteiger partial charge in [-0.1, -0.05) is 11.2 Å². The summed E-state index contributed by atoms with van der Waals surface area (Å²) in [7, 11) is 0. The second kappa shape index (κ2) is 6.66. The summed E-state index contributed by atoms with van der Waals surface area (Å²) in [4.78, 5) is 0. The van der Waals surface area contributed by atoms with Crippen molar-refractivity contribution in [2.45, 2.75) is 43.8 Å². The summed E-state index contributed by atoms with van der Waals surface area (Å²) in [5.74, 6) is -4.00. The summed E-state index contributed by atoms with van der Waals surface area (Å²) in [6.07, 6.45) is 0.625. The van der Waals surface area contributed by atoms with E-state index in [4.69, 9.17) is 9.26 Å². The van der Waals surface area contributed by atoms with Gasteiger partial charge in [-0.05, 0) is 37.9 Å². The van der Waals surface area contributed by atoms with Crippen molar-refractivity contribution in [3.05, 3.63) is 41.2 Å². The summed E-state index contributed by atoms with van der Waals surface area (Å²) in [6.45, 7) is -0.252. The van der Waals surface area contributed by atoms with E-state index in [-0.39, 0.29) is 30.2 Å². The first-order valence-electron chi connectivity index (χ1n) is 8.60. The molecule has 8 heteroatoms. The third-order valence-electron chi connectivity index (χ3n) is 4.81. The van der Waals surface area contributed by atoms with Crippen LogP contribution < -0.4 is 5.32 Å². The van der Waals surface area contributed by atoms with Gasteiger partial charge in [0.05, 0.1) is 18.7 Å². The van der Waals surface area contributed by atoms with Gasteiger partial charge in [0.1, 0.15) is 29.2 Å². The zero-order valence-electron chi connectivity index (χ0n) is 13.9. The molecule has 0 amide bonds. The Kier molecular flexibility index (Phi) is 4.48. The first-order chi connectivity index (χ1) is 12.5. The van der Waals surface area contributed by atoms with Crippen molar-refractivity contribution >= 4 is 0 Å². The highest BCUT2D eigenvalue weighted by molar-refractivity contribution is 5.65. The molecule has 1 aliphatic carbocycles. The Hall–Kier alpha value is -1.93. The third-order valence-corrected chi connectivity index (χ3v) is 4.81. The monoisotopic (exact) mass is 370 g/mol. The molecule has 140 valence electrons. The Bertz CT molecular complexity index is 784. The molecule has 1 N–H and O–H groups in total. The lowest BCUT2D eigenvalue weighted by Crippen LogP contribution is -2.50. The average Bonchev–Trinajstić information content (AvgIpc) is 3.35. The fourth-order valence-electron chi connectivity index (χ4n) is 3.25. The molecule has 1 aliphatic heterocycles. The van der Waals surface area contributed by atoms with Crippen LogP contribution in [0.25, 0.3) is 11.3 Å². The maximum absolute atomic E-state index is 14.2. The number of nitrogens with one attached hydrogen (secondary N) is 1. The minimum Gasteiger partial charge on any atom is -0.367 e. The molecule has 0 radical (unpaired) electrons. The van der Waals surface area contributed by atoms with Crippen LogP contribution in [0.2, 0.25) is 0 Å². The predicted molar refractivity (Wildman–Crippen MR) is 84.8 cm³/mol. The van der Waals surface area contributed by atoms with Crippen molar-refractivity contribution < 1.29 is 26.8 Å². The van der Waals surface area contributed by atoms with Crippen LogP contribution in [0.4, 0.5) is 17.6 Å². The van der Waals surface area contributed by atoms with Crippen molar-refractivity contribution in [3.8, 4) is 11.3 Å². The number of rotatable bonds is 5. The quantitative estimate of drug-likeness (QED) is 0.808. The van der Waals surface area contributed by atoms with Crippen LogP contribution in [-0.2, 0) is 11.3 Å². The van der Waals surface area contributed by atoms with Gasteiger partial charge in [-0.2, -0.15) is 0 Å². The molecule has 1 unspecified atom stereocenters. The molecule has 2 aromatic rings. The first-order valence-corrected chi connectivity index (χ1v) is 8.60. The number of aromatic nitrogens is 1. The molecule has 4 rings (SSSR count). The molecule has 0 spiro atoms. The molecule has 2 aliphatic rings. The highest BCUT2D eigenvalue weighted by Crippen LogP contribution is 2.45. The summed E-state index contributed by atoms with van der Waals surface area (Å²) in [6, 6.07) is 3.49. The third kappa shape index (κ3) is 3.23. The van der Waals surface area contributed by atoms with Gasteiger partial charge in [0.15, 0.2) is 0 Å². The topological polar surface area (TPSA) is 47.3 Å². The van der Waals surface area contributed by atoms with Gasteiger partial charge in [-0.3, -0.25) is 0 Å². The van der Waals surface area contributed by atoms with Crippen LogP contribution in [0.15, 0.2) is 22.7 Å². The average molecular weight is 370 g/mol. The smallest absolute Gasteiger partial charge is 0.285 e. The molecule has 1 saturated carbocycles. The highest BCUT2D eigenvalue weighted by atomic mass is 19.3. The fourth-order valence-corrected chi connectivity index (χ4v) is 3.25. The van der Waals surface area contributed by atoms with E-state index in [2.05, 4.69) is 10.5 Å². The largest absolute Gasteiger partial charge is 0.367 e. The number of halogens is 4. The number of ether oxygens (including phenoxy) is 1. The molecule has 1 aromatic carbocycles. The Labute approximate surface area is 147 Å². The number of hydrogen-bond donors (Lipinski definition) is 1. The van der Waals surface area contributed by atoms with Crippen LogP contribution in [-0.4, -0.2) is 30.3 Å². The maximum Gasteiger partial charge on any atom is 0.285 e. The molecule has 4 nitrogen and oxygen atoms in total. The minimum absolute atomic E-state index is 0.0141. The van der Waals surface area contributed by atoms with E-state index in [1.807, 2.05) is 0 Å². The molecule has 2 fully saturated rings. The number of benzene rings is 1. The van der Waals surface area contributed by atoms with Crippen LogP contribution >= 0.6 is 0 Å². The SMILES string of the molecule is Fc1cccc(F)c1-c1noc(C2CC2)c1COC1CCNCC1(F)F. The van der Waals surface area contributed by atoms with E-state index in [0.29, 0.717) is 17.9 Å². The second-order valence-corrected chi connectivity index (χ2v) is 6.77. The lowest BCUT2D eigenvalue weighted by molar-refractivity contribution is -0.153. The lowest BCUT2D eigenvalue weighted by atomic mass is 10.0. The Morgan fingerprint density at radius 1 is 1.19 bits per heavy atom. The van der Waals surface area contributed by atoms with Gasteiger partial charge in [0.25, 0.3) is 5.92 Å². The summed E-state index contributed by atoms with van der Waals surface area (Å²) >= 11 is 0. The number of nitrogens with zero attached hydrogens (tertiary/aromatic N) is 1. The maximum atomic E-state index is 14.2.